The Morgan fingerprint density at radius 1 is 1.09 bits per heavy atom. The number of halogens is 1. The van der Waals surface area contributed by atoms with Crippen molar-refractivity contribution in [3.63, 3.8) is 0 Å². The molecule has 1 aliphatic heterocycles. The zero-order valence-electron chi connectivity index (χ0n) is 12.6. The van der Waals surface area contributed by atoms with Gasteiger partial charge in [0.05, 0.1) is 10.4 Å². The second-order valence-electron chi connectivity index (χ2n) is 6.33. The molecule has 0 aliphatic carbocycles. The van der Waals surface area contributed by atoms with Crippen molar-refractivity contribution in [2.75, 3.05) is 0 Å². The van der Waals surface area contributed by atoms with Crippen LogP contribution in [0.4, 0.5) is 4.39 Å². The quantitative estimate of drug-likeness (QED) is 0.717. The number of benzene rings is 2. The lowest BCUT2D eigenvalue weighted by atomic mass is 9.92. The molecule has 0 atom stereocenters. The summed E-state index contributed by atoms with van der Waals surface area (Å²) in [6, 6.07) is 9.89. The van der Waals surface area contributed by atoms with Crippen LogP contribution >= 0.6 is 0 Å². The number of rotatable bonds is 1. The lowest BCUT2D eigenvalue weighted by Gasteiger charge is -2.18. The summed E-state index contributed by atoms with van der Waals surface area (Å²) in [7, 11) is -3.45. The van der Waals surface area contributed by atoms with Gasteiger partial charge in [-0.15, -0.1) is 0 Å². The summed E-state index contributed by atoms with van der Waals surface area (Å²) in [5.74, 6) is -0.295. The summed E-state index contributed by atoms with van der Waals surface area (Å²) >= 11 is 0. The second-order valence-corrected chi connectivity index (χ2v) is 7.98. The molecular weight excluding hydrogens is 315 g/mol. The summed E-state index contributed by atoms with van der Waals surface area (Å²) in [6.45, 7) is 3.68. The topological polar surface area (TPSA) is 62.0 Å². The first-order valence-electron chi connectivity index (χ1n) is 7.23. The zero-order valence-corrected chi connectivity index (χ0v) is 13.5. The van der Waals surface area contributed by atoms with Gasteiger partial charge >= 0.3 is 0 Å². The molecule has 0 radical (unpaired) electrons. The van der Waals surface area contributed by atoms with Gasteiger partial charge < -0.3 is 4.98 Å². The van der Waals surface area contributed by atoms with Gasteiger partial charge in [0, 0.05) is 22.7 Å². The normalized spacial score (nSPS) is 18.2. The molecule has 3 aromatic rings. The molecule has 0 unspecified atom stereocenters. The average molecular weight is 330 g/mol. The van der Waals surface area contributed by atoms with Crippen LogP contribution in [-0.4, -0.2) is 13.4 Å². The molecule has 1 aromatic heterocycles. The maximum absolute atomic E-state index is 13.3. The number of H-pyrrole nitrogens is 1. The number of hydrogen-bond acceptors (Lipinski definition) is 2. The van der Waals surface area contributed by atoms with Crippen molar-refractivity contribution in [1.29, 1.82) is 0 Å². The van der Waals surface area contributed by atoms with E-state index in [-0.39, 0.29) is 5.82 Å². The molecule has 118 valence electrons. The Kier molecular flexibility index (Phi) is 2.77. The fraction of sp³-hybridized carbons (Fsp3) is 0.176. The first-order chi connectivity index (χ1) is 10.8. The minimum absolute atomic E-state index is 0.295. The van der Waals surface area contributed by atoms with Crippen LogP contribution in [0.25, 0.3) is 22.0 Å². The van der Waals surface area contributed by atoms with Crippen LogP contribution in [0.1, 0.15) is 19.4 Å². The van der Waals surface area contributed by atoms with Crippen LogP contribution in [0, 0.1) is 5.82 Å². The fourth-order valence-electron chi connectivity index (χ4n) is 3.20. The maximum Gasteiger partial charge on any atom is 0.241 e. The van der Waals surface area contributed by atoms with Gasteiger partial charge in [0.2, 0.25) is 10.0 Å². The van der Waals surface area contributed by atoms with Gasteiger partial charge in [-0.25, -0.2) is 17.5 Å². The predicted octanol–water partition coefficient (Wildman–Crippen LogP) is 3.50. The Hall–Kier alpha value is -2.18. The highest BCUT2D eigenvalue weighted by Gasteiger charge is 2.39. The van der Waals surface area contributed by atoms with Crippen molar-refractivity contribution >= 4 is 20.9 Å². The third kappa shape index (κ3) is 2.09. The van der Waals surface area contributed by atoms with Crippen molar-refractivity contribution in [2.24, 2.45) is 0 Å². The van der Waals surface area contributed by atoms with Crippen LogP contribution in [0.2, 0.25) is 0 Å². The Morgan fingerprint density at radius 2 is 1.87 bits per heavy atom. The van der Waals surface area contributed by atoms with E-state index >= 15 is 0 Å². The molecule has 0 fully saturated rings. The summed E-state index contributed by atoms with van der Waals surface area (Å²) in [5, 5.41) is 0.901. The molecule has 0 spiro atoms. The molecule has 1 aliphatic rings. The van der Waals surface area contributed by atoms with Gasteiger partial charge in [0.1, 0.15) is 5.82 Å². The molecule has 2 heterocycles. The predicted molar refractivity (Wildman–Crippen MR) is 87.0 cm³/mol. The van der Waals surface area contributed by atoms with Crippen molar-refractivity contribution in [3.8, 4) is 11.1 Å². The van der Waals surface area contributed by atoms with Crippen molar-refractivity contribution in [2.45, 2.75) is 24.3 Å². The van der Waals surface area contributed by atoms with Crippen molar-refractivity contribution < 1.29 is 12.8 Å². The Bertz CT molecular complexity index is 1050. The van der Waals surface area contributed by atoms with Crippen LogP contribution in [0.15, 0.2) is 47.5 Å². The van der Waals surface area contributed by atoms with E-state index < -0.39 is 15.6 Å². The smallest absolute Gasteiger partial charge is 0.241 e. The van der Waals surface area contributed by atoms with Crippen molar-refractivity contribution in [1.82, 2.24) is 9.71 Å². The number of fused-ring (bicyclic) bond motifs is 2. The number of sulfonamides is 1. The summed E-state index contributed by atoms with van der Waals surface area (Å²) in [6.07, 6.45) is 1.82. The van der Waals surface area contributed by atoms with Crippen LogP contribution in [0.5, 0.6) is 0 Å². The standard InChI is InChI=1S/C17H15FN2O2S/c1-17(2)14-7-10(3-6-16(14)23(21,22)20-17)13-9-19-15-8-11(18)4-5-12(13)15/h3-9,19-20H,1-2H3. The molecule has 4 nitrogen and oxygen atoms in total. The van der Waals surface area contributed by atoms with Crippen LogP contribution < -0.4 is 4.72 Å². The molecule has 0 saturated carbocycles. The molecule has 2 N–H and O–H groups in total. The van der Waals surface area contributed by atoms with Gasteiger partial charge in [0.25, 0.3) is 0 Å². The lowest BCUT2D eigenvalue weighted by molar-refractivity contribution is 0.494. The summed E-state index contributed by atoms with van der Waals surface area (Å²) in [4.78, 5) is 3.38. The number of hydrogen-bond donors (Lipinski definition) is 2. The van der Waals surface area contributed by atoms with Gasteiger partial charge in [-0.05, 0) is 55.3 Å². The lowest BCUT2D eigenvalue weighted by Crippen LogP contribution is -2.32. The van der Waals surface area contributed by atoms with Gasteiger partial charge in [-0.1, -0.05) is 6.07 Å². The number of aromatic nitrogens is 1. The van der Waals surface area contributed by atoms with E-state index in [2.05, 4.69) is 9.71 Å². The fourth-order valence-corrected chi connectivity index (χ4v) is 4.95. The third-order valence-corrected chi connectivity index (χ3v) is 6.00. The maximum atomic E-state index is 13.3. The Morgan fingerprint density at radius 3 is 2.65 bits per heavy atom. The number of aromatic amines is 1. The molecule has 0 bridgehead atoms. The van der Waals surface area contributed by atoms with Crippen LogP contribution in [-0.2, 0) is 15.6 Å². The molecule has 0 saturated heterocycles. The third-order valence-electron chi connectivity index (χ3n) is 4.29. The monoisotopic (exact) mass is 330 g/mol. The van der Waals surface area contributed by atoms with Crippen molar-refractivity contribution in [3.05, 3.63) is 54.0 Å². The molecule has 2 aromatic carbocycles. The SMILES string of the molecule is CC1(C)NS(=O)(=O)c2ccc(-c3c[nH]c4cc(F)ccc34)cc21. The minimum atomic E-state index is -3.45. The largest absolute Gasteiger partial charge is 0.360 e. The molecule has 0 amide bonds. The Balaban J connectivity index is 1.95. The summed E-state index contributed by atoms with van der Waals surface area (Å²) in [5.41, 5.74) is 2.62. The highest BCUT2D eigenvalue weighted by molar-refractivity contribution is 7.89. The van der Waals surface area contributed by atoms with E-state index in [4.69, 9.17) is 0 Å². The van der Waals surface area contributed by atoms with E-state index in [0.29, 0.717) is 10.4 Å². The highest BCUT2D eigenvalue weighted by Crippen LogP contribution is 2.39. The number of nitrogens with one attached hydrogen (secondary N) is 2. The van der Waals surface area contributed by atoms with E-state index in [1.165, 1.54) is 12.1 Å². The first-order valence-corrected chi connectivity index (χ1v) is 8.72. The van der Waals surface area contributed by atoms with E-state index in [1.807, 2.05) is 26.1 Å². The molecular formula is C17H15FN2O2S. The van der Waals surface area contributed by atoms with Crippen LogP contribution in [0.3, 0.4) is 0 Å². The average Bonchev–Trinajstić information content (AvgIpc) is 2.95. The van der Waals surface area contributed by atoms with Gasteiger partial charge in [0.15, 0.2) is 0 Å². The minimum Gasteiger partial charge on any atom is -0.360 e. The second kappa shape index (κ2) is 4.43. The van der Waals surface area contributed by atoms with E-state index in [1.54, 1.807) is 18.2 Å². The van der Waals surface area contributed by atoms with E-state index in [0.717, 1.165) is 22.1 Å². The molecule has 4 rings (SSSR count). The molecule has 6 heteroatoms. The van der Waals surface area contributed by atoms with Gasteiger partial charge in [-0.2, -0.15) is 0 Å². The molecule has 23 heavy (non-hydrogen) atoms. The zero-order chi connectivity index (χ0) is 16.4. The highest BCUT2D eigenvalue weighted by atomic mass is 32.2. The Labute approximate surface area is 133 Å². The first kappa shape index (κ1) is 14.4. The van der Waals surface area contributed by atoms with Gasteiger partial charge in [-0.3, -0.25) is 0 Å². The summed E-state index contributed by atoms with van der Waals surface area (Å²) < 4.78 is 40.3. The van der Waals surface area contributed by atoms with E-state index in [9.17, 15) is 12.8 Å².